The Balaban J connectivity index is 1.55. The fourth-order valence-corrected chi connectivity index (χ4v) is 4.40. The molecular weight excluding hydrogens is 477 g/mol. The van der Waals surface area contributed by atoms with E-state index in [0.717, 1.165) is 5.56 Å². The van der Waals surface area contributed by atoms with Crippen LogP contribution in [0.5, 0.6) is 0 Å². The van der Waals surface area contributed by atoms with E-state index in [4.69, 9.17) is 35.4 Å². The highest BCUT2D eigenvalue weighted by Gasteiger charge is 2.43. The van der Waals surface area contributed by atoms with Gasteiger partial charge in [0.1, 0.15) is 6.04 Å². The van der Waals surface area contributed by atoms with Crippen LogP contribution in [0.25, 0.3) is 0 Å². The lowest BCUT2D eigenvalue weighted by Gasteiger charge is -2.24. The van der Waals surface area contributed by atoms with Gasteiger partial charge in [-0.2, -0.15) is 0 Å². The maximum atomic E-state index is 13.4. The van der Waals surface area contributed by atoms with Gasteiger partial charge in [0.15, 0.2) is 5.11 Å². The summed E-state index contributed by atoms with van der Waals surface area (Å²) < 4.78 is 0. The third-order valence-corrected chi connectivity index (χ3v) is 6.32. The summed E-state index contributed by atoms with van der Waals surface area (Å²) in [6, 6.07) is 23.0. The first kappa shape index (κ1) is 23.2. The van der Waals surface area contributed by atoms with Gasteiger partial charge in [-0.1, -0.05) is 53.5 Å². The number of amides is 2. The number of carbonyl (C=O) groups is 2. The highest BCUT2D eigenvalue weighted by Crippen LogP contribution is 2.29. The van der Waals surface area contributed by atoms with Crippen molar-refractivity contribution in [3.8, 4) is 0 Å². The van der Waals surface area contributed by atoms with Crippen molar-refractivity contribution in [2.24, 2.45) is 0 Å². The molecule has 8 heteroatoms. The van der Waals surface area contributed by atoms with E-state index >= 15 is 0 Å². The summed E-state index contributed by atoms with van der Waals surface area (Å²) >= 11 is 17.6. The zero-order valence-electron chi connectivity index (χ0n) is 17.6. The van der Waals surface area contributed by atoms with Gasteiger partial charge in [-0.05, 0) is 72.7 Å². The van der Waals surface area contributed by atoms with Crippen molar-refractivity contribution in [1.82, 2.24) is 4.90 Å². The van der Waals surface area contributed by atoms with E-state index in [1.807, 2.05) is 35.2 Å². The molecule has 0 aromatic heterocycles. The highest BCUT2D eigenvalue weighted by molar-refractivity contribution is 7.80. The summed E-state index contributed by atoms with van der Waals surface area (Å²) in [7, 11) is 0. The number of nitrogens with one attached hydrogen (secondary N) is 1. The summed E-state index contributed by atoms with van der Waals surface area (Å²) in [5.41, 5.74) is 2.37. The van der Waals surface area contributed by atoms with Crippen LogP contribution in [0.4, 0.5) is 11.4 Å². The molecule has 1 unspecified atom stereocenters. The van der Waals surface area contributed by atoms with E-state index in [1.165, 1.54) is 4.90 Å². The average molecular weight is 498 g/mol. The van der Waals surface area contributed by atoms with Gasteiger partial charge < -0.3 is 10.2 Å². The molecule has 3 aromatic rings. The van der Waals surface area contributed by atoms with Gasteiger partial charge in [0.25, 0.3) is 5.91 Å². The lowest BCUT2D eigenvalue weighted by atomic mass is 10.1. The maximum Gasteiger partial charge on any atom is 0.256 e. The Kier molecular flexibility index (Phi) is 7.28. The maximum absolute atomic E-state index is 13.4. The van der Waals surface area contributed by atoms with Crippen molar-refractivity contribution in [2.75, 3.05) is 16.8 Å². The number of benzene rings is 3. The van der Waals surface area contributed by atoms with Gasteiger partial charge in [-0.25, -0.2) is 0 Å². The largest absolute Gasteiger partial charge is 0.336 e. The Morgan fingerprint density at radius 2 is 1.52 bits per heavy atom. The summed E-state index contributed by atoms with van der Waals surface area (Å²) in [6.07, 6.45) is 0.665. The Hall–Kier alpha value is -2.93. The molecule has 2 amide bonds. The molecule has 1 fully saturated rings. The fourth-order valence-electron chi connectivity index (χ4n) is 3.73. The van der Waals surface area contributed by atoms with Crippen LogP contribution in [-0.2, 0) is 16.0 Å². The van der Waals surface area contributed by atoms with E-state index in [1.54, 1.807) is 48.5 Å². The van der Waals surface area contributed by atoms with Crippen LogP contribution < -0.4 is 10.2 Å². The van der Waals surface area contributed by atoms with Crippen molar-refractivity contribution in [1.29, 1.82) is 0 Å². The van der Waals surface area contributed by atoms with E-state index < -0.39 is 6.04 Å². The van der Waals surface area contributed by atoms with Crippen molar-refractivity contribution in [3.05, 3.63) is 94.5 Å². The van der Waals surface area contributed by atoms with Gasteiger partial charge in [-0.3, -0.25) is 14.5 Å². The minimum absolute atomic E-state index is 0.0273. The summed E-state index contributed by atoms with van der Waals surface area (Å²) in [6.45, 7) is 0.511. The summed E-state index contributed by atoms with van der Waals surface area (Å²) in [5, 5.41) is 4.35. The molecule has 33 heavy (non-hydrogen) atoms. The van der Waals surface area contributed by atoms with Crippen molar-refractivity contribution >= 4 is 63.7 Å². The van der Waals surface area contributed by atoms with Gasteiger partial charge >= 0.3 is 0 Å². The molecule has 1 heterocycles. The number of thiocarbonyl (C=S) groups is 1. The Labute approximate surface area is 207 Å². The van der Waals surface area contributed by atoms with Crippen LogP contribution in [0.1, 0.15) is 12.0 Å². The minimum Gasteiger partial charge on any atom is -0.336 e. The first-order valence-corrected chi connectivity index (χ1v) is 11.6. The highest BCUT2D eigenvalue weighted by atomic mass is 35.5. The molecule has 1 aliphatic rings. The molecule has 4 rings (SSSR count). The summed E-state index contributed by atoms with van der Waals surface area (Å²) in [4.78, 5) is 29.6. The van der Waals surface area contributed by atoms with Gasteiger partial charge in [0, 0.05) is 22.3 Å². The van der Waals surface area contributed by atoms with Crippen LogP contribution in [0, 0.1) is 0 Å². The topological polar surface area (TPSA) is 52.7 Å². The number of halogens is 2. The quantitative estimate of drug-likeness (QED) is 0.433. The average Bonchev–Trinajstić information content (AvgIpc) is 3.04. The second-order valence-corrected chi connectivity index (χ2v) is 8.87. The molecule has 0 spiro atoms. The molecule has 1 N–H and O–H groups in total. The Bertz CT molecular complexity index is 1150. The second-order valence-electron chi connectivity index (χ2n) is 7.64. The van der Waals surface area contributed by atoms with Gasteiger partial charge in [0.2, 0.25) is 5.91 Å². The van der Waals surface area contributed by atoms with E-state index in [0.29, 0.717) is 39.5 Å². The first-order chi connectivity index (χ1) is 15.9. The van der Waals surface area contributed by atoms with E-state index in [-0.39, 0.29) is 18.2 Å². The zero-order valence-corrected chi connectivity index (χ0v) is 19.9. The normalized spacial score (nSPS) is 15.8. The monoisotopic (exact) mass is 497 g/mol. The van der Waals surface area contributed by atoms with Crippen LogP contribution in [0.2, 0.25) is 10.0 Å². The minimum atomic E-state index is -0.704. The number of hydrogen-bond acceptors (Lipinski definition) is 3. The zero-order chi connectivity index (χ0) is 23.4. The van der Waals surface area contributed by atoms with Crippen LogP contribution in [-0.4, -0.2) is 34.4 Å². The predicted octanol–water partition coefficient (Wildman–Crippen LogP) is 5.57. The number of rotatable bonds is 7. The molecule has 5 nitrogen and oxygen atoms in total. The molecule has 0 radical (unpaired) electrons. The van der Waals surface area contributed by atoms with E-state index in [2.05, 4.69) is 5.32 Å². The number of anilines is 2. The lowest BCUT2D eigenvalue weighted by Crippen LogP contribution is -2.39. The second kappa shape index (κ2) is 10.3. The van der Waals surface area contributed by atoms with Gasteiger partial charge in [-0.15, -0.1) is 0 Å². The van der Waals surface area contributed by atoms with Crippen molar-refractivity contribution < 1.29 is 9.59 Å². The SMILES string of the molecule is O=C(CC1C(=O)N(c2ccc(Cl)cc2)C(=S)N1CCc1ccccc1)Nc1ccc(Cl)cc1. The van der Waals surface area contributed by atoms with Crippen LogP contribution in [0.3, 0.4) is 0 Å². The van der Waals surface area contributed by atoms with Gasteiger partial charge in [0.05, 0.1) is 12.1 Å². The lowest BCUT2D eigenvalue weighted by molar-refractivity contribution is -0.124. The third-order valence-electron chi connectivity index (χ3n) is 5.39. The number of carbonyl (C=O) groups excluding carboxylic acids is 2. The fraction of sp³-hybridized carbons (Fsp3) is 0.160. The molecule has 1 aliphatic heterocycles. The molecule has 3 aromatic carbocycles. The van der Waals surface area contributed by atoms with Crippen molar-refractivity contribution in [2.45, 2.75) is 18.9 Å². The first-order valence-electron chi connectivity index (χ1n) is 10.4. The van der Waals surface area contributed by atoms with Crippen LogP contribution in [0.15, 0.2) is 78.9 Å². The summed E-state index contributed by atoms with van der Waals surface area (Å²) in [5.74, 6) is -0.511. The Morgan fingerprint density at radius 3 is 2.15 bits per heavy atom. The number of hydrogen-bond donors (Lipinski definition) is 1. The molecule has 0 saturated carbocycles. The van der Waals surface area contributed by atoms with Crippen molar-refractivity contribution in [3.63, 3.8) is 0 Å². The Morgan fingerprint density at radius 1 is 0.909 bits per heavy atom. The van der Waals surface area contributed by atoms with Crippen LogP contribution >= 0.6 is 35.4 Å². The molecule has 0 bridgehead atoms. The molecule has 1 atom stereocenters. The predicted molar refractivity (Wildman–Crippen MR) is 137 cm³/mol. The third kappa shape index (κ3) is 5.53. The molecule has 0 aliphatic carbocycles. The standard InChI is InChI=1S/C25H21Cl2N3O2S/c26-18-6-10-20(11-7-18)28-23(31)16-22-24(32)30(21-12-8-19(27)9-13-21)25(33)29(22)15-14-17-4-2-1-3-5-17/h1-13,22H,14-16H2,(H,28,31). The molecule has 168 valence electrons. The molecule has 1 saturated heterocycles. The molecular formula is C25H21Cl2N3O2S. The van der Waals surface area contributed by atoms with E-state index in [9.17, 15) is 9.59 Å². The number of nitrogens with zero attached hydrogens (tertiary/aromatic N) is 2. The smallest absolute Gasteiger partial charge is 0.256 e.